The summed E-state index contributed by atoms with van der Waals surface area (Å²) in [4.78, 5) is 16.4. The molecule has 2 aromatic carbocycles. The van der Waals surface area contributed by atoms with Gasteiger partial charge in [0.15, 0.2) is 5.13 Å². The third-order valence-corrected chi connectivity index (χ3v) is 4.39. The number of anilines is 1. The molecular formula is C17H16N2O3S. The molecule has 5 nitrogen and oxygen atoms in total. The first-order valence-corrected chi connectivity index (χ1v) is 7.98. The predicted molar refractivity (Wildman–Crippen MR) is 91.2 cm³/mol. The van der Waals surface area contributed by atoms with Gasteiger partial charge < -0.3 is 15.2 Å². The van der Waals surface area contributed by atoms with E-state index in [0.717, 1.165) is 21.5 Å². The molecule has 0 aliphatic rings. The van der Waals surface area contributed by atoms with Crippen LogP contribution in [0.4, 0.5) is 5.13 Å². The molecule has 6 heteroatoms. The molecule has 0 bridgehead atoms. The third kappa shape index (κ3) is 3.60. The zero-order valence-electron chi connectivity index (χ0n) is 12.6. The standard InChI is InChI=1S/C17H16N2O3S/c1-22-12-7-8-13-15(10-12)23-17(18-13)19-16(21)9-6-11-4-2-3-5-14(11)20/h2-5,7-8,10,20H,6,9H2,1H3,(H,18,19,21). The van der Waals surface area contributed by atoms with E-state index in [1.165, 1.54) is 11.3 Å². The number of nitrogens with one attached hydrogen (secondary N) is 1. The minimum atomic E-state index is -0.126. The van der Waals surface area contributed by atoms with Crippen molar-refractivity contribution in [2.75, 3.05) is 12.4 Å². The molecule has 23 heavy (non-hydrogen) atoms. The van der Waals surface area contributed by atoms with Crippen LogP contribution in [-0.2, 0) is 11.2 Å². The van der Waals surface area contributed by atoms with Gasteiger partial charge >= 0.3 is 0 Å². The van der Waals surface area contributed by atoms with Gasteiger partial charge in [-0.2, -0.15) is 0 Å². The number of aryl methyl sites for hydroxylation is 1. The second kappa shape index (κ2) is 6.66. The van der Waals surface area contributed by atoms with Crippen molar-refractivity contribution in [2.45, 2.75) is 12.8 Å². The van der Waals surface area contributed by atoms with Crippen molar-refractivity contribution in [1.82, 2.24) is 4.98 Å². The molecule has 0 fully saturated rings. The van der Waals surface area contributed by atoms with Crippen LogP contribution in [0.15, 0.2) is 42.5 Å². The highest BCUT2D eigenvalue weighted by Crippen LogP contribution is 2.29. The van der Waals surface area contributed by atoms with Crippen LogP contribution in [0.1, 0.15) is 12.0 Å². The third-order valence-electron chi connectivity index (χ3n) is 3.45. The van der Waals surface area contributed by atoms with Gasteiger partial charge in [0, 0.05) is 6.42 Å². The van der Waals surface area contributed by atoms with Gasteiger partial charge in [-0.05, 0) is 36.2 Å². The number of hydrogen-bond donors (Lipinski definition) is 2. The SMILES string of the molecule is COc1ccc2nc(NC(=O)CCc3ccccc3O)sc2c1. The fraction of sp³-hybridized carbons (Fsp3) is 0.176. The number of rotatable bonds is 5. The number of phenolic OH excluding ortho intramolecular Hbond substituents is 1. The lowest BCUT2D eigenvalue weighted by molar-refractivity contribution is -0.116. The summed E-state index contributed by atoms with van der Waals surface area (Å²) in [5.41, 5.74) is 1.59. The minimum Gasteiger partial charge on any atom is -0.508 e. The number of para-hydroxylation sites is 1. The highest BCUT2D eigenvalue weighted by molar-refractivity contribution is 7.22. The number of nitrogens with zero attached hydrogens (tertiary/aromatic N) is 1. The molecule has 118 valence electrons. The summed E-state index contributed by atoms with van der Waals surface area (Å²) in [5, 5.41) is 13.1. The van der Waals surface area contributed by atoms with Crippen molar-refractivity contribution >= 4 is 32.6 Å². The largest absolute Gasteiger partial charge is 0.508 e. The molecule has 0 saturated heterocycles. The first kappa shape index (κ1) is 15.3. The number of methoxy groups -OCH3 is 1. The summed E-state index contributed by atoms with van der Waals surface area (Å²) in [5.74, 6) is 0.852. The van der Waals surface area contributed by atoms with Crippen LogP contribution in [0.2, 0.25) is 0 Å². The van der Waals surface area contributed by atoms with Gasteiger partial charge in [0.05, 0.1) is 17.3 Å². The van der Waals surface area contributed by atoms with Gasteiger partial charge in [-0.15, -0.1) is 0 Å². The van der Waals surface area contributed by atoms with Crippen LogP contribution in [-0.4, -0.2) is 23.1 Å². The monoisotopic (exact) mass is 328 g/mol. The van der Waals surface area contributed by atoms with Gasteiger partial charge in [0.1, 0.15) is 11.5 Å². The number of benzene rings is 2. The van der Waals surface area contributed by atoms with E-state index >= 15 is 0 Å². The van der Waals surface area contributed by atoms with E-state index in [9.17, 15) is 9.90 Å². The molecule has 3 aromatic rings. The predicted octanol–water partition coefficient (Wildman–Crippen LogP) is 3.58. The van der Waals surface area contributed by atoms with Gasteiger partial charge in [-0.3, -0.25) is 4.79 Å². The quantitative estimate of drug-likeness (QED) is 0.751. The van der Waals surface area contributed by atoms with E-state index in [1.54, 1.807) is 19.2 Å². The van der Waals surface area contributed by atoms with E-state index in [-0.39, 0.29) is 18.1 Å². The number of carbonyl (C=O) groups is 1. The number of amides is 1. The van der Waals surface area contributed by atoms with Crippen LogP contribution < -0.4 is 10.1 Å². The van der Waals surface area contributed by atoms with Gasteiger partial charge in [-0.1, -0.05) is 29.5 Å². The second-order valence-electron chi connectivity index (χ2n) is 5.03. The van der Waals surface area contributed by atoms with Crippen molar-refractivity contribution < 1.29 is 14.6 Å². The summed E-state index contributed by atoms with van der Waals surface area (Å²) in [6, 6.07) is 12.6. The Morgan fingerprint density at radius 3 is 2.91 bits per heavy atom. The highest BCUT2D eigenvalue weighted by atomic mass is 32.1. The first-order valence-electron chi connectivity index (χ1n) is 7.17. The van der Waals surface area contributed by atoms with E-state index in [0.29, 0.717) is 11.6 Å². The zero-order chi connectivity index (χ0) is 16.2. The Hall–Kier alpha value is -2.60. The molecule has 0 aliphatic heterocycles. The maximum Gasteiger partial charge on any atom is 0.226 e. The topological polar surface area (TPSA) is 71.5 Å². The highest BCUT2D eigenvalue weighted by Gasteiger charge is 2.10. The number of aromatic nitrogens is 1. The molecule has 0 atom stereocenters. The van der Waals surface area contributed by atoms with Crippen molar-refractivity contribution in [3.63, 3.8) is 0 Å². The fourth-order valence-electron chi connectivity index (χ4n) is 2.24. The van der Waals surface area contributed by atoms with Crippen LogP contribution in [0.5, 0.6) is 11.5 Å². The maximum absolute atomic E-state index is 12.0. The fourth-order valence-corrected chi connectivity index (χ4v) is 3.15. The minimum absolute atomic E-state index is 0.126. The summed E-state index contributed by atoms with van der Waals surface area (Å²) in [6.45, 7) is 0. The molecule has 0 radical (unpaired) electrons. The Morgan fingerprint density at radius 1 is 1.30 bits per heavy atom. The molecule has 0 aliphatic carbocycles. The zero-order valence-corrected chi connectivity index (χ0v) is 13.4. The van der Waals surface area contributed by atoms with Crippen molar-refractivity contribution in [2.24, 2.45) is 0 Å². The van der Waals surface area contributed by atoms with Crippen LogP contribution in [0.25, 0.3) is 10.2 Å². The van der Waals surface area contributed by atoms with Crippen LogP contribution in [0.3, 0.4) is 0 Å². The molecule has 0 saturated carbocycles. The molecule has 0 unspecified atom stereocenters. The molecule has 0 spiro atoms. The van der Waals surface area contributed by atoms with Gasteiger partial charge in [-0.25, -0.2) is 4.98 Å². The average Bonchev–Trinajstić information content (AvgIpc) is 2.95. The summed E-state index contributed by atoms with van der Waals surface area (Å²) < 4.78 is 6.14. The number of carbonyl (C=O) groups excluding carboxylic acids is 1. The van der Waals surface area contributed by atoms with Crippen molar-refractivity contribution in [3.8, 4) is 11.5 Å². The van der Waals surface area contributed by atoms with Gasteiger partial charge in [0.25, 0.3) is 0 Å². The Bertz CT molecular complexity index is 845. The van der Waals surface area contributed by atoms with E-state index in [2.05, 4.69) is 10.3 Å². The number of phenols is 1. The number of thiazole rings is 1. The molecular weight excluding hydrogens is 312 g/mol. The van der Waals surface area contributed by atoms with Gasteiger partial charge in [0.2, 0.25) is 5.91 Å². The Labute approximate surface area is 137 Å². The normalized spacial score (nSPS) is 10.7. The Morgan fingerprint density at radius 2 is 2.13 bits per heavy atom. The summed E-state index contributed by atoms with van der Waals surface area (Å²) >= 11 is 1.41. The lowest BCUT2D eigenvalue weighted by atomic mass is 10.1. The summed E-state index contributed by atoms with van der Waals surface area (Å²) in [7, 11) is 1.61. The molecule has 1 heterocycles. The summed E-state index contributed by atoms with van der Waals surface area (Å²) in [6.07, 6.45) is 0.772. The number of aromatic hydroxyl groups is 1. The molecule has 1 amide bonds. The molecule has 2 N–H and O–H groups in total. The lowest BCUT2D eigenvalue weighted by Crippen LogP contribution is -2.12. The van der Waals surface area contributed by atoms with E-state index < -0.39 is 0 Å². The molecule has 3 rings (SSSR count). The number of hydrogen-bond acceptors (Lipinski definition) is 5. The first-order chi connectivity index (χ1) is 11.2. The Kier molecular flexibility index (Phi) is 4.43. The van der Waals surface area contributed by atoms with E-state index in [4.69, 9.17) is 4.74 Å². The van der Waals surface area contributed by atoms with Crippen molar-refractivity contribution in [3.05, 3.63) is 48.0 Å². The average molecular weight is 328 g/mol. The van der Waals surface area contributed by atoms with Crippen LogP contribution >= 0.6 is 11.3 Å². The maximum atomic E-state index is 12.0. The molecule has 1 aromatic heterocycles. The number of ether oxygens (including phenoxy) is 1. The Balaban J connectivity index is 1.64. The van der Waals surface area contributed by atoms with Crippen molar-refractivity contribution in [1.29, 1.82) is 0 Å². The second-order valence-corrected chi connectivity index (χ2v) is 6.06. The van der Waals surface area contributed by atoms with E-state index in [1.807, 2.05) is 30.3 Å². The number of fused-ring (bicyclic) bond motifs is 1. The smallest absolute Gasteiger partial charge is 0.226 e. The van der Waals surface area contributed by atoms with Crippen LogP contribution in [0, 0.1) is 0 Å². The lowest BCUT2D eigenvalue weighted by Gasteiger charge is -2.04.